The molecule has 32 heavy (non-hydrogen) atoms. The zero-order valence-corrected chi connectivity index (χ0v) is 18.2. The van der Waals surface area contributed by atoms with Gasteiger partial charge < -0.3 is 19.9 Å². The summed E-state index contributed by atoms with van der Waals surface area (Å²) in [6.45, 7) is 8.47. The number of rotatable bonds is 5. The van der Waals surface area contributed by atoms with Crippen LogP contribution in [0.1, 0.15) is 28.5 Å². The highest BCUT2D eigenvalue weighted by molar-refractivity contribution is 6.08. The molecule has 1 amide bonds. The molecule has 1 saturated heterocycles. The van der Waals surface area contributed by atoms with Gasteiger partial charge in [-0.25, -0.2) is 9.37 Å². The van der Waals surface area contributed by atoms with Gasteiger partial charge in [0.2, 0.25) is 0 Å². The van der Waals surface area contributed by atoms with Crippen LogP contribution in [0.15, 0.2) is 36.8 Å². The van der Waals surface area contributed by atoms with Crippen LogP contribution in [-0.4, -0.2) is 51.3 Å². The Labute approximate surface area is 185 Å². The van der Waals surface area contributed by atoms with E-state index in [-0.39, 0.29) is 18.1 Å². The molecular formula is C23H26FN7O. The summed E-state index contributed by atoms with van der Waals surface area (Å²) in [4.78, 5) is 19.6. The molecule has 0 spiro atoms. The predicted octanol–water partition coefficient (Wildman–Crippen LogP) is 2.49. The minimum absolute atomic E-state index is 0.207. The number of hydrogen-bond donors (Lipinski definition) is 2. The molecule has 1 aliphatic rings. The molecule has 0 radical (unpaired) electrons. The fourth-order valence-corrected chi connectivity index (χ4v) is 4.27. The second-order valence-electron chi connectivity index (χ2n) is 8.11. The maximum Gasteiger partial charge on any atom is 0.253 e. The van der Waals surface area contributed by atoms with Gasteiger partial charge >= 0.3 is 0 Å². The lowest BCUT2D eigenvalue weighted by Gasteiger charge is -2.30. The van der Waals surface area contributed by atoms with Gasteiger partial charge in [0, 0.05) is 68.9 Å². The van der Waals surface area contributed by atoms with Gasteiger partial charge in [-0.2, -0.15) is 5.10 Å². The van der Waals surface area contributed by atoms with Crippen molar-refractivity contribution in [2.45, 2.75) is 26.9 Å². The first-order chi connectivity index (χ1) is 15.5. The number of benzene rings is 1. The van der Waals surface area contributed by atoms with E-state index in [1.807, 2.05) is 36.9 Å². The minimum atomic E-state index is -0.408. The number of fused-ring (bicyclic) bond motifs is 2. The van der Waals surface area contributed by atoms with Crippen LogP contribution in [0.25, 0.3) is 16.6 Å². The molecule has 4 heterocycles. The van der Waals surface area contributed by atoms with Crippen LogP contribution in [0, 0.1) is 12.7 Å². The SMILES string of the molecule is CCn1cc2c(N3CCNCC3)ccc(C(=O)NCc3cc(F)c4nc(C)cn4c3)c2n1. The monoisotopic (exact) mass is 435 g/mol. The Morgan fingerprint density at radius 1 is 1.22 bits per heavy atom. The topological polar surface area (TPSA) is 79.5 Å². The second kappa shape index (κ2) is 8.23. The van der Waals surface area contributed by atoms with Gasteiger partial charge in [0.25, 0.3) is 5.91 Å². The lowest BCUT2D eigenvalue weighted by Crippen LogP contribution is -2.43. The molecular weight excluding hydrogens is 409 g/mol. The Morgan fingerprint density at radius 3 is 2.81 bits per heavy atom. The van der Waals surface area contributed by atoms with Gasteiger partial charge in [0.1, 0.15) is 5.52 Å². The summed E-state index contributed by atoms with van der Waals surface area (Å²) in [5.41, 5.74) is 3.99. The van der Waals surface area contributed by atoms with Crippen LogP contribution in [0.3, 0.4) is 0 Å². The third kappa shape index (κ3) is 3.69. The number of halogens is 1. The van der Waals surface area contributed by atoms with Crippen LogP contribution in [0.4, 0.5) is 10.1 Å². The fourth-order valence-electron chi connectivity index (χ4n) is 4.27. The largest absolute Gasteiger partial charge is 0.368 e. The van der Waals surface area contributed by atoms with Crippen molar-refractivity contribution in [2.24, 2.45) is 0 Å². The molecule has 4 aromatic rings. The average molecular weight is 436 g/mol. The van der Waals surface area contributed by atoms with E-state index in [0.717, 1.165) is 49.5 Å². The smallest absolute Gasteiger partial charge is 0.253 e. The van der Waals surface area contributed by atoms with Crippen molar-refractivity contribution in [1.82, 2.24) is 29.8 Å². The Kier molecular flexibility index (Phi) is 5.26. The third-order valence-corrected chi connectivity index (χ3v) is 5.86. The summed E-state index contributed by atoms with van der Waals surface area (Å²) in [7, 11) is 0. The van der Waals surface area contributed by atoms with E-state index < -0.39 is 5.82 Å². The van der Waals surface area contributed by atoms with Gasteiger partial charge in [-0.1, -0.05) is 0 Å². The molecule has 1 fully saturated rings. The number of pyridine rings is 1. The molecule has 0 aliphatic carbocycles. The molecule has 9 heteroatoms. The van der Waals surface area contributed by atoms with Crippen molar-refractivity contribution in [3.05, 3.63) is 59.4 Å². The standard InChI is InChI=1S/C23H26FN7O/c1-3-31-14-18-20(29-8-6-25-7-9-29)5-4-17(21(18)28-31)23(32)26-11-16-10-19(24)22-27-15(2)12-30(22)13-16/h4-5,10,12-14,25H,3,6-9,11H2,1-2H3,(H,26,32). The van der Waals surface area contributed by atoms with Gasteiger partial charge in [-0.15, -0.1) is 0 Å². The zero-order chi connectivity index (χ0) is 22.2. The fraction of sp³-hybridized carbons (Fsp3) is 0.348. The van der Waals surface area contributed by atoms with Gasteiger partial charge in [-0.3, -0.25) is 9.48 Å². The Morgan fingerprint density at radius 2 is 2.03 bits per heavy atom. The number of anilines is 1. The molecule has 1 aromatic carbocycles. The highest BCUT2D eigenvalue weighted by Gasteiger charge is 2.20. The molecule has 0 unspecified atom stereocenters. The number of carbonyl (C=O) groups is 1. The van der Waals surface area contributed by atoms with Crippen LogP contribution in [0.5, 0.6) is 0 Å². The van der Waals surface area contributed by atoms with Crippen molar-refractivity contribution in [1.29, 1.82) is 0 Å². The number of aromatic nitrogens is 4. The first-order valence-electron chi connectivity index (χ1n) is 10.9. The van der Waals surface area contributed by atoms with Crippen LogP contribution in [-0.2, 0) is 13.1 Å². The minimum Gasteiger partial charge on any atom is -0.368 e. The number of aryl methyl sites for hydroxylation is 2. The van der Waals surface area contributed by atoms with E-state index >= 15 is 0 Å². The summed E-state index contributed by atoms with van der Waals surface area (Å²) in [5, 5.41) is 11.9. The quantitative estimate of drug-likeness (QED) is 0.504. The summed E-state index contributed by atoms with van der Waals surface area (Å²) in [6.07, 6.45) is 5.56. The molecule has 0 saturated carbocycles. The number of hydrogen-bond acceptors (Lipinski definition) is 5. The van der Waals surface area contributed by atoms with E-state index in [1.165, 1.54) is 6.07 Å². The Balaban J connectivity index is 1.42. The van der Waals surface area contributed by atoms with E-state index in [9.17, 15) is 9.18 Å². The predicted molar refractivity (Wildman–Crippen MR) is 122 cm³/mol. The number of piperazine rings is 1. The molecule has 166 valence electrons. The summed E-state index contributed by atoms with van der Waals surface area (Å²) >= 11 is 0. The average Bonchev–Trinajstić information content (AvgIpc) is 3.40. The molecule has 8 nitrogen and oxygen atoms in total. The lowest BCUT2D eigenvalue weighted by molar-refractivity contribution is 0.0952. The first-order valence-corrected chi connectivity index (χ1v) is 10.9. The Hall–Kier alpha value is -3.46. The van der Waals surface area contributed by atoms with Crippen molar-refractivity contribution in [3.8, 4) is 0 Å². The molecule has 0 bridgehead atoms. The van der Waals surface area contributed by atoms with Gasteiger partial charge in [0.05, 0.1) is 11.3 Å². The van der Waals surface area contributed by atoms with Crippen LogP contribution < -0.4 is 15.5 Å². The first kappa shape index (κ1) is 20.4. The molecule has 0 atom stereocenters. The van der Waals surface area contributed by atoms with Crippen molar-refractivity contribution >= 4 is 28.1 Å². The summed E-state index contributed by atoms with van der Waals surface area (Å²) in [6, 6.07) is 5.26. The van der Waals surface area contributed by atoms with Crippen molar-refractivity contribution < 1.29 is 9.18 Å². The van der Waals surface area contributed by atoms with Crippen molar-refractivity contribution in [3.63, 3.8) is 0 Å². The second-order valence-corrected chi connectivity index (χ2v) is 8.11. The van der Waals surface area contributed by atoms with Crippen LogP contribution in [0.2, 0.25) is 0 Å². The third-order valence-electron chi connectivity index (χ3n) is 5.86. The molecule has 5 rings (SSSR count). The number of nitrogens with one attached hydrogen (secondary N) is 2. The zero-order valence-electron chi connectivity index (χ0n) is 18.2. The Bertz CT molecular complexity index is 1300. The van der Waals surface area contributed by atoms with Crippen molar-refractivity contribution in [2.75, 3.05) is 31.1 Å². The maximum absolute atomic E-state index is 14.4. The summed E-state index contributed by atoms with van der Waals surface area (Å²) < 4.78 is 17.9. The van der Waals surface area contributed by atoms with Gasteiger partial charge in [0.15, 0.2) is 11.5 Å². The van der Waals surface area contributed by atoms with E-state index in [0.29, 0.717) is 16.6 Å². The van der Waals surface area contributed by atoms with E-state index in [4.69, 9.17) is 0 Å². The summed E-state index contributed by atoms with van der Waals surface area (Å²) in [5.74, 6) is -0.639. The maximum atomic E-state index is 14.4. The van der Waals surface area contributed by atoms with Crippen LogP contribution >= 0.6 is 0 Å². The molecule has 1 aliphatic heterocycles. The number of carbonyl (C=O) groups excluding carboxylic acids is 1. The normalized spacial score (nSPS) is 14.4. The van der Waals surface area contributed by atoms with E-state index in [2.05, 4.69) is 25.6 Å². The number of amides is 1. The highest BCUT2D eigenvalue weighted by atomic mass is 19.1. The molecule has 3 aromatic heterocycles. The highest BCUT2D eigenvalue weighted by Crippen LogP contribution is 2.29. The lowest BCUT2D eigenvalue weighted by atomic mass is 10.1. The van der Waals surface area contributed by atoms with Gasteiger partial charge in [-0.05, 0) is 37.6 Å². The number of nitrogens with zero attached hydrogens (tertiary/aromatic N) is 5. The molecule has 2 N–H and O–H groups in total. The van der Waals surface area contributed by atoms with E-state index in [1.54, 1.807) is 16.8 Å². The number of imidazole rings is 1.